The van der Waals surface area contributed by atoms with Crippen LogP contribution in [0.3, 0.4) is 0 Å². The number of halogens is 4. The van der Waals surface area contributed by atoms with E-state index in [1.165, 1.54) is 12.1 Å². The molecule has 1 aromatic heterocycles. The fraction of sp³-hybridized carbons (Fsp3) is 0.300. The van der Waals surface area contributed by atoms with Crippen molar-refractivity contribution in [1.29, 1.82) is 0 Å². The van der Waals surface area contributed by atoms with Crippen LogP contribution in [0.2, 0.25) is 5.02 Å². The Morgan fingerprint density at radius 3 is 2.57 bits per heavy atom. The van der Waals surface area contributed by atoms with Crippen LogP contribution >= 0.6 is 11.6 Å². The Hall–Kier alpha value is -2.62. The molecule has 0 radical (unpaired) electrons. The summed E-state index contributed by atoms with van der Waals surface area (Å²) in [4.78, 5) is 13.5. The van der Waals surface area contributed by atoms with Crippen LogP contribution in [0.15, 0.2) is 29.3 Å². The maximum Gasteiger partial charge on any atom is 0.186 e. The van der Waals surface area contributed by atoms with Gasteiger partial charge in [-0.05, 0) is 37.4 Å². The van der Waals surface area contributed by atoms with Crippen molar-refractivity contribution < 1.29 is 18.4 Å². The predicted octanol–water partition coefficient (Wildman–Crippen LogP) is 4.58. The van der Waals surface area contributed by atoms with E-state index in [9.17, 15) is 18.4 Å². The van der Waals surface area contributed by atoms with E-state index in [1.54, 1.807) is 0 Å². The Labute approximate surface area is 176 Å². The molecule has 0 aliphatic carbocycles. The highest BCUT2D eigenvalue weighted by atomic mass is 35.5. The lowest BCUT2D eigenvalue weighted by molar-refractivity contribution is 0.235. The highest BCUT2D eigenvalue weighted by Crippen LogP contribution is 2.26. The smallest absolute Gasteiger partial charge is 0.186 e. The predicted molar refractivity (Wildman–Crippen MR) is 110 cm³/mol. The van der Waals surface area contributed by atoms with Crippen molar-refractivity contribution in [2.24, 2.45) is 4.99 Å². The van der Waals surface area contributed by atoms with E-state index in [0.29, 0.717) is 18.8 Å². The third kappa shape index (κ3) is 4.58. The van der Waals surface area contributed by atoms with Crippen LogP contribution in [0.25, 0.3) is 11.0 Å². The summed E-state index contributed by atoms with van der Waals surface area (Å²) in [6, 6.07) is 4.58. The number of benzene rings is 2. The van der Waals surface area contributed by atoms with Gasteiger partial charge in [-0.3, -0.25) is 10.7 Å². The molecule has 3 rings (SSSR count). The first-order valence-electron chi connectivity index (χ1n) is 9.41. The number of aliphatic imine (C=N–C) groups is 1. The number of aromatic amines is 1. The number of amidine groups is 1. The van der Waals surface area contributed by atoms with Crippen LogP contribution in [0.1, 0.15) is 25.2 Å². The zero-order valence-corrected chi connectivity index (χ0v) is 17.2. The van der Waals surface area contributed by atoms with Crippen LogP contribution in [0.4, 0.5) is 18.9 Å². The Morgan fingerprint density at radius 1 is 1.20 bits per heavy atom. The topological polar surface area (TPSA) is 76.5 Å². The standard InChI is InChI=1S/C20H21ClF3N5O/c1-3-29(4-2)8-7-16-26-18-12(10-15(23)17(24)19(18)27-16)20(28-30)25-11-5-6-14(22)13(21)9-11/h5-6,9-10,30H,3-4,7-8H2,1-2H3,(H,25,28)(H,26,27). The molecule has 1 heterocycles. The van der Waals surface area contributed by atoms with Crippen LogP contribution in [0, 0.1) is 17.5 Å². The van der Waals surface area contributed by atoms with Crippen LogP contribution < -0.4 is 5.48 Å². The van der Waals surface area contributed by atoms with Gasteiger partial charge in [0.2, 0.25) is 0 Å². The van der Waals surface area contributed by atoms with Crippen LogP contribution in [0.5, 0.6) is 0 Å². The second-order valence-electron chi connectivity index (χ2n) is 6.57. The van der Waals surface area contributed by atoms with Gasteiger partial charge in [-0.1, -0.05) is 25.4 Å². The molecule has 3 N–H and O–H groups in total. The molecule has 2 aromatic carbocycles. The van der Waals surface area contributed by atoms with Crippen molar-refractivity contribution in [3.05, 3.63) is 58.1 Å². The fourth-order valence-corrected chi connectivity index (χ4v) is 3.26. The molecule has 0 bridgehead atoms. The molecule has 0 aliphatic rings. The van der Waals surface area contributed by atoms with Gasteiger partial charge < -0.3 is 9.88 Å². The molecule has 0 fully saturated rings. The number of H-pyrrole nitrogens is 1. The van der Waals surface area contributed by atoms with Crippen molar-refractivity contribution in [3.8, 4) is 0 Å². The first kappa shape index (κ1) is 22.1. The number of fused-ring (bicyclic) bond motifs is 1. The minimum Gasteiger partial charge on any atom is -0.341 e. The van der Waals surface area contributed by atoms with E-state index >= 15 is 0 Å². The van der Waals surface area contributed by atoms with Gasteiger partial charge in [0.1, 0.15) is 17.2 Å². The number of likely N-dealkylation sites (N-methyl/N-ethyl adjacent to an activating group) is 1. The zero-order chi connectivity index (χ0) is 21.8. The summed E-state index contributed by atoms with van der Waals surface area (Å²) in [6.07, 6.45) is 0.503. The Kier molecular flexibility index (Phi) is 6.96. The summed E-state index contributed by atoms with van der Waals surface area (Å²) in [5.74, 6) is -2.57. The summed E-state index contributed by atoms with van der Waals surface area (Å²) in [5, 5.41) is 9.42. The third-order valence-corrected chi connectivity index (χ3v) is 5.06. The fourth-order valence-electron chi connectivity index (χ4n) is 3.09. The summed E-state index contributed by atoms with van der Waals surface area (Å²) in [7, 11) is 0. The van der Waals surface area contributed by atoms with Gasteiger partial charge >= 0.3 is 0 Å². The van der Waals surface area contributed by atoms with Crippen molar-refractivity contribution in [2.45, 2.75) is 20.3 Å². The summed E-state index contributed by atoms with van der Waals surface area (Å²) < 4.78 is 42.0. The quantitative estimate of drug-likeness (QED) is 0.286. The molecule has 0 atom stereocenters. The molecule has 0 saturated heterocycles. The molecule has 0 amide bonds. The minimum atomic E-state index is -1.14. The molecule has 10 heteroatoms. The number of imidazole rings is 1. The molecule has 0 unspecified atom stereocenters. The molecule has 0 spiro atoms. The van der Waals surface area contributed by atoms with E-state index in [0.717, 1.165) is 25.2 Å². The van der Waals surface area contributed by atoms with E-state index in [-0.39, 0.29) is 33.1 Å². The molecule has 30 heavy (non-hydrogen) atoms. The molecule has 6 nitrogen and oxygen atoms in total. The summed E-state index contributed by atoms with van der Waals surface area (Å²) >= 11 is 5.76. The Balaban J connectivity index is 2.06. The number of hydrogen-bond acceptors (Lipinski definition) is 4. The van der Waals surface area contributed by atoms with Gasteiger partial charge in [0, 0.05) is 18.5 Å². The van der Waals surface area contributed by atoms with Crippen LogP contribution in [-0.4, -0.2) is 45.5 Å². The molecule has 160 valence electrons. The van der Waals surface area contributed by atoms with Gasteiger partial charge in [0.25, 0.3) is 0 Å². The number of nitrogens with zero attached hydrogens (tertiary/aromatic N) is 3. The average Bonchev–Trinajstić information content (AvgIpc) is 3.17. The maximum atomic E-state index is 14.4. The maximum absolute atomic E-state index is 14.4. The van der Waals surface area contributed by atoms with Crippen molar-refractivity contribution >= 4 is 34.2 Å². The van der Waals surface area contributed by atoms with Gasteiger partial charge in [0.05, 0.1) is 16.2 Å². The lowest BCUT2D eigenvalue weighted by Gasteiger charge is -2.16. The number of hydrogen-bond donors (Lipinski definition) is 3. The van der Waals surface area contributed by atoms with E-state index in [4.69, 9.17) is 11.6 Å². The zero-order valence-electron chi connectivity index (χ0n) is 16.4. The number of hydroxylamine groups is 1. The second kappa shape index (κ2) is 9.46. The highest BCUT2D eigenvalue weighted by Gasteiger charge is 2.20. The van der Waals surface area contributed by atoms with Crippen molar-refractivity contribution in [2.75, 3.05) is 19.6 Å². The SMILES string of the molecule is CCN(CC)CCc1nc2c(F)c(F)cc(C(=Nc3ccc(F)c(Cl)c3)NO)c2[nH]1. The van der Waals surface area contributed by atoms with Gasteiger partial charge in [-0.25, -0.2) is 23.1 Å². The minimum absolute atomic E-state index is 0.0634. The molecular weight excluding hydrogens is 419 g/mol. The number of nitrogens with one attached hydrogen (secondary N) is 2. The van der Waals surface area contributed by atoms with E-state index in [2.05, 4.69) is 19.9 Å². The Bertz CT molecular complexity index is 1080. The van der Waals surface area contributed by atoms with Gasteiger partial charge in [-0.2, -0.15) is 0 Å². The lowest BCUT2D eigenvalue weighted by atomic mass is 10.1. The summed E-state index contributed by atoms with van der Waals surface area (Å²) in [5.41, 5.74) is 2.14. The number of rotatable bonds is 7. The van der Waals surface area contributed by atoms with Crippen molar-refractivity contribution in [3.63, 3.8) is 0 Å². The lowest BCUT2D eigenvalue weighted by Crippen LogP contribution is -2.25. The number of aromatic nitrogens is 2. The highest BCUT2D eigenvalue weighted by molar-refractivity contribution is 6.31. The van der Waals surface area contributed by atoms with Crippen molar-refractivity contribution in [1.82, 2.24) is 20.3 Å². The Morgan fingerprint density at radius 2 is 1.93 bits per heavy atom. The normalized spacial score (nSPS) is 12.2. The first-order chi connectivity index (χ1) is 14.4. The molecular formula is C20H21ClF3N5O. The average molecular weight is 440 g/mol. The first-order valence-corrected chi connectivity index (χ1v) is 9.78. The largest absolute Gasteiger partial charge is 0.341 e. The third-order valence-electron chi connectivity index (χ3n) is 4.78. The monoisotopic (exact) mass is 439 g/mol. The van der Waals surface area contributed by atoms with Gasteiger partial charge in [-0.15, -0.1) is 0 Å². The van der Waals surface area contributed by atoms with E-state index < -0.39 is 17.5 Å². The van der Waals surface area contributed by atoms with Gasteiger partial charge in [0.15, 0.2) is 17.5 Å². The van der Waals surface area contributed by atoms with E-state index in [1.807, 2.05) is 19.3 Å². The van der Waals surface area contributed by atoms with Crippen LogP contribution in [-0.2, 0) is 6.42 Å². The molecule has 0 aliphatic heterocycles. The molecule has 3 aromatic rings. The second-order valence-corrected chi connectivity index (χ2v) is 6.98. The summed E-state index contributed by atoms with van der Waals surface area (Å²) in [6.45, 7) is 6.48. The molecule has 0 saturated carbocycles.